The van der Waals surface area contributed by atoms with Crippen LogP contribution in [-0.4, -0.2) is 4.57 Å². The molecule has 1 heteroatoms. The van der Waals surface area contributed by atoms with Crippen LogP contribution in [0.4, 0.5) is 0 Å². The second-order valence-electron chi connectivity index (χ2n) is 6.26. The Hall–Kier alpha value is -1.24. The van der Waals surface area contributed by atoms with E-state index in [-0.39, 0.29) is 5.41 Å². The number of rotatable bonds is 3. The second kappa shape index (κ2) is 4.79. The molecular weight excluding hydrogens is 218 g/mol. The van der Waals surface area contributed by atoms with Crippen molar-refractivity contribution in [1.29, 1.82) is 0 Å². The van der Waals surface area contributed by atoms with Gasteiger partial charge < -0.3 is 4.57 Å². The molecule has 0 bridgehead atoms. The third kappa shape index (κ3) is 2.19. The van der Waals surface area contributed by atoms with E-state index in [4.69, 9.17) is 0 Å². The zero-order valence-corrected chi connectivity index (χ0v) is 12.4. The molecule has 0 N–H and O–H groups in total. The molecule has 0 unspecified atom stereocenters. The lowest BCUT2D eigenvalue weighted by atomic mass is 9.87. The Bertz CT molecular complexity index is 540. The van der Waals surface area contributed by atoms with Crippen LogP contribution in [0.5, 0.6) is 0 Å². The van der Waals surface area contributed by atoms with Gasteiger partial charge in [0.15, 0.2) is 0 Å². The summed E-state index contributed by atoms with van der Waals surface area (Å²) in [5.41, 5.74) is 4.63. The van der Waals surface area contributed by atoms with Crippen LogP contribution in [0.25, 0.3) is 10.9 Å². The highest BCUT2D eigenvalue weighted by Crippen LogP contribution is 2.34. The van der Waals surface area contributed by atoms with Gasteiger partial charge in [-0.25, -0.2) is 0 Å². The van der Waals surface area contributed by atoms with Gasteiger partial charge in [-0.05, 0) is 24.5 Å². The fourth-order valence-electron chi connectivity index (χ4n) is 3.03. The number of benzene rings is 1. The van der Waals surface area contributed by atoms with Crippen LogP contribution in [0.2, 0.25) is 0 Å². The maximum Gasteiger partial charge on any atom is 0.0482 e. The van der Waals surface area contributed by atoms with Gasteiger partial charge in [0.25, 0.3) is 0 Å². The predicted molar refractivity (Wildman–Crippen MR) is 80.2 cm³/mol. The molecule has 0 fully saturated rings. The molecule has 1 aromatic heterocycles. The van der Waals surface area contributed by atoms with E-state index in [0.717, 1.165) is 0 Å². The minimum atomic E-state index is 0.205. The first-order valence-corrected chi connectivity index (χ1v) is 7.03. The van der Waals surface area contributed by atoms with Gasteiger partial charge in [-0.15, -0.1) is 0 Å². The van der Waals surface area contributed by atoms with Crippen LogP contribution in [0.3, 0.4) is 0 Å². The SMILES string of the molecule is CCCCc1c(C(C)(C)C)n(C)c2ccccc12. The Morgan fingerprint density at radius 2 is 1.78 bits per heavy atom. The summed E-state index contributed by atoms with van der Waals surface area (Å²) >= 11 is 0. The molecule has 2 rings (SSSR count). The molecule has 1 heterocycles. The normalized spacial score (nSPS) is 12.3. The first-order chi connectivity index (χ1) is 8.46. The van der Waals surface area contributed by atoms with Crippen molar-refractivity contribution in [3.05, 3.63) is 35.5 Å². The molecule has 0 radical (unpaired) electrons. The number of nitrogens with zero attached hydrogens (tertiary/aromatic N) is 1. The van der Waals surface area contributed by atoms with Gasteiger partial charge in [-0.3, -0.25) is 0 Å². The van der Waals surface area contributed by atoms with Crippen LogP contribution in [0.1, 0.15) is 51.8 Å². The average Bonchev–Trinajstić information content (AvgIpc) is 2.60. The van der Waals surface area contributed by atoms with Crippen molar-refractivity contribution in [3.8, 4) is 0 Å². The van der Waals surface area contributed by atoms with Gasteiger partial charge in [0.2, 0.25) is 0 Å². The lowest BCUT2D eigenvalue weighted by Gasteiger charge is -2.22. The van der Waals surface area contributed by atoms with Crippen molar-refractivity contribution in [2.75, 3.05) is 0 Å². The number of fused-ring (bicyclic) bond motifs is 1. The van der Waals surface area contributed by atoms with Crippen LogP contribution < -0.4 is 0 Å². The Morgan fingerprint density at radius 3 is 2.39 bits per heavy atom. The first-order valence-electron chi connectivity index (χ1n) is 7.03. The number of hydrogen-bond acceptors (Lipinski definition) is 0. The summed E-state index contributed by atoms with van der Waals surface area (Å²) < 4.78 is 2.39. The standard InChI is InChI=1S/C17H25N/c1-6-7-10-14-13-11-8-9-12-15(13)18(5)16(14)17(2,3)4/h8-9,11-12H,6-7,10H2,1-5H3. The summed E-state index contributed by atoms with van der Waals surface area (Å²) in [6.07, 6.45) is 3.73. The smallest absolute Gasteiger partial charge is 0.0482 e. The molecule has 0 aliphatic heterocycles. The molecule has 1 nitrogen and oxygen atoms in total. The molecule has 0 aliphatic rings. The molecule has 0 spiro atoms. The molecule has 0 atom stereocenters. The third-order valence-corrected chi connectivity index (χ3v) is 3.70. The van der Waals surface area contributed by atoms with Crippen LogP contribution >= 0.6 is 0 Å². The fraction of sp³-hybridized carbons (Fsp3) is 0.529. The third-order valence-electron chi connectivity index (χ3n) is 3.70. The number of para-hydroxylation sites is 1. The molecule has 2 aromatic rings. The Morgan fingerprint density at radius 1 is 1.11 bits per heavy atom. The molecule has 0 aliphatic carbocycles. The minimum Gasteiger partial charge on any atom is -0.347 e. The van der Waals surface area contributed by atoms with Crippen molar-refractivity contribution < 1.29 is 0 Å². The van der Waals surface area contributed by atoms with Gasteiger partial charge in [0, 0.05) is 29.1 Å². The van der Waals surface area contributed by atoms with Gasteiger partial charge in [0.1, 0.15) is 0 Å². The van der Waals surface area contributed by atoms with E-state index < -0.39 is 0 Å². The average molecular weight is 243 g/mol. The number of aryl methyl sites for hydroxylation is 2. The molecule has 0 saturated carbocycles. The van der Waals surface area contributed by atoms with E-state index in [1.165, 1.54) is 35.9 Å². The Balaban J connectivity index is 2.69. The zero-order chi connectivity index (χ0) is 13.3. The topological polar surface area (TPSA) is 4.93 Å². The van der Waals surface area contributed by atoms with Crippen molar-refractivity contribution in [2.24, 2.45) is 7.05 Å². The van der Waals surface area contributed by atoms with Crippen molar-refractivity contribution >= 4 is 10.9 Å². The lowest BCUT2D eigenvalue weighted by Crippen LogP contribution is -2.18. The summed E-state index contributed by atoms with van der Waals surface area (Å²) in [5.74, 6) is 0. The van der Waals surface area contributed by atoms with Gasteiger partial charge in [-0.1, -0.05) is 52.3 Å². The largest absolute Gasteiger partial charge is 0.347 e. The number of unbranched alkanes of at least 4 members (excludes halogenated alkanes) is 1. The van der Waals surface area contributed by atoms with Crippen LogP contribution in [0.15, 0.2) is 24.3 Å². The van der Waals surface area contributed by atoms with Gasteiger partial charge >= 0.3 is 0 Å². The molecule has 0 amide bonds. The summed E-state index contributed by atoms with van der Waals surface area (Å²) in [5, 5.41) is 1.44. The Kier molecular flexibility index (Phi) is 3.52. The highest BCUT2D eigenvalue weighted by atomic mass is 15.0. The van der Waals surface area contributed by atoms with Crippen molar-refractivity contribution in [2.45, 2.75) is 52.4 Å². The molecule has 1 aromatic carbocycles. The monoisotopic (exact) mass is 243 g/mol. The lowest BCUT2D eigenvalue weighted by molar-refractivity contribution is 0.538. The van der Waals surface area contributed by atoms with E-state index in [1.54, 1.807) is 5.56 Å². The predicted octanol–water partition coefficient (Wildman–Crippen LogP) is 4.82. The fourth-order valence-corrected chi connectivity index (χ4v) is 3.03. The van der Waals surface area contributed by atoms with Crippen LogP contribution in [-0.2, 0) is 18.9 Å². The van der Waals surface area contributed by atoms with Crippen LogP contribution in [0, 0.1) is 0 Å². The maximum atomic E-state index is 2.39. The van der Waals surface area contributed by atoms with Gasteiger partial charge in [0.05, 0.1) is 0 Å². The summed E-state index contributed by atoms with van der Waals surface area (Å²) in [6, 6.07) is 8.80. The number of aromatic nitrogens is 1. The zero-order valence-electron chi connectivity index (χ0n) is 12.4. The van der Waals surface area contributed by atoms with Gasteiger partial charge in [-0.2, -0.15) is 0 Å². The van der Waals surface area contributed by atoms with E-state index in [0.29, 0.717) is 0 Å². The molecule has 18 heavy (non-hydrogen) atoms. The number of hydrogen-bond donors (Lipinski definition) is 0. The molecule has 0 saturated heterocycles. The van der Waals surface area contributed by atoms with E-state index in [2.05, 4.69) is 63.6 Å². The van der Waals surface area contributed by atoms with E-state index in [1.807, 2.05) is 0 Å². The Labute approximate surface area is 111 Å². The van der Waals surface area contributed by atoms with Crippen molar-refractivity contribution in [3.63, 3.8) is 0 Å². The minimum absolute atomic E-state index is 0.205. The van der Waals surface area contributed by atoms with E-state index in [9.17, 15) is 0 Å². The highest BCUT2D eigenvalue weighted by molar-refractivity contribution is 5.86. The second-order valence-corrected chi connectivity index (χ2v) is 6.26. The molecular formula is C17H25N. The van der Waals surface area contributed by atoms with Crippen molar-refractivity contribution in [1.82, 2.24) is 4.57 Å². The van der Waals surface area contributed by atoms with E-state index >= 15 is 0 Å². The maximum absolute atomic E-state index is 2.39. The summed E-state index contributed by atoms with van der Waals surface area (Å²) in [6.45, 7) is 9.21. The quantitative estimate of drug-likeness (QED) is 0.728. The first kappa shape index (κ1) is 13.2. The highest BCUT2D eigenvalue weighted by Gasteiger charge is 2.24. The molecule has 98 valence electrons. The summed E-state index contributed by atoms with van der Waals surface area (Å²) in [4.78, 5) is 0. The summed E-state index contributed by atoms with van der Waals surface area (Å²) in [7, 11) is 2.21.